The molecule has 1 aromatic rings. The van der Waals surface area contributed by atoms with E-state index < -0.39 is 0 Å². The zero-order chi connectivity index (χ0) is 13.0. The lowest BCUT2D eigenvalue weighted by Gasteiger charge is -2.22. The van der Waals surface area contributed by atoms with Crippen molar-refractivity contribution in [2.24, 2.45) is 0 Å². The first-order valence-electron chi connectivity index (χ1n) is 5.68. The lowest BCUT2D eigenvalue weighted by Crippen LogP contribution is -2.42. The van der Waals surface area contributed by atoms with E-state index >= 15 is 0 Å². The lowest BCUT2D eigenvalue weighted by atomic mass is 10.1. The molecule has 0 saturated heterocycles. The SMILES string of the molecule is CC(NC(C)c1ccc(O)cc1)C(=O)N(C)C. The van der Waals surface area contributed by atoms with E-state index in [1.807, 2.05) is 26.0 Å². The molecule has 1 rings (SSSR count). The van der Waals surface area contributed by atoms with Crippen molar-refractivity contribution in [1.82, 2.24) is 10.2 Å². The van der Waals surface area contributed by atoms with Crippen molar-refractivity contribution in [2.75, 3.05) is 14.1 Å². The van der Waals surface area contributed by atoms with Crippen molar-refractivity contribution in [3.8, 4) is 5.75 Å². The first kappa shape index (κ1) is 13.5. The van der Waals surface area contributed by atoms with Gasteiger partial charge >= 0.3 is 0 Å². The molecule has 2 unspecified atom stereocenters. The highest BCUT2D eigenvalue weighted by Gasteiger charge is 2.17. The molecular weight excluding hydrogens is 216 g/mol. The Morgan fingerprint density at radius 2 is 1.76 bits per heavy atom. The maximum absolute atomic E-state index is 11.7. The molecule has 2 atom stereocenters. The summed E-state index contributed by atoms with van der Waals surface area (Å²) in [6.45, 7) is 3.84. The first-order chi connectivity index (χ1) is 7.91. The average Bonchev–Trinajstić information content (AvgIpc) is 2.28. The van der Waals surface area contributed by atoms with Crippen molar-refractivity contribution in [3.05, 3.63) is 29.8 Å². The molecule has 0 aromatic heterocycles. The molecule has 0 fully saturated rings. The van der Waals surface area contributed by atoms with Gasteiger partial charge in [-0.2, -0.15) is 0 Å². The standard InChI is InChI=1S/C13H20N2O2/c1-9(11-5-7-12(16)8-6-11)14-10(2)13(17)15(3)4/h5-10,14,16H,1-4H3. The zero-order valence-corrected chi connectivity index (χ0v) is 10.8. The predicted octanol–water partition coefficient (Wildman–Crippen LogP) is 1.52. The number of likely N-dealkylation sites (N-methyl/N-ethyl adjacent to an activating group) is 1. The van der Waals surface area contributed by atoms with Crippen LogP contribution in [0.1, 0.15) is 25.5 Å². The molecule has 4 nitrogen and oxygen atoms in total. The number of phenols is 1. The minimum absolute atomic E-state index is 0.0515. The van der Waals surface area contributed by atoms with Gasteiger partial charge in [-0.05, 0) is 31.5 Å². The molecule has 0 bridgehead atoms. The third kappa shape index (κ3) is 3.75. The predicted molar refractivity (Wildman–Crippen MR) is 67.8 cm³/mol. The number of hydrogen-bond acceptors (Lipinski definition) is 3. The fourth-order valence-corrected chi connectivity index (χ4v) is 1.69. The Labute approximate surface area is 102 Å². The number of carbonyl (C=O) groups is 1. The second-order valence-corrected chi connectivity index (χ2v) is 4.43. The Kier molecular flexibility index (Phi) is 4.52. The van der Waals surface area contributed by atoms with E-state index in [9.17, 15) is 9.90 Å². The van der Waals surface area contributed by atoms with Gasteiger partial charge in [0.05, 0.1) is 6.04 Å². The molecule has 17 heavy (non-hydrogen) atoms. The van der Waals surface area contributed by atoms with Gasteiger partial charge in [0.1, 0.15) is 5.75 Å². The minimum atomic E-state index is -0.228. The normalized spacial score (nSPS) is 14.1. The number of rotatable bonds is 4. The van der Waals surface area contributed by atoms with Gasteiger partial charge in [-0.15, -0.1) is 0 Å². The topological polar surface area (TPSA) is 52.6 Å². The number of amides is 1. The van der Waals surface area contributed by atoms with Crippen LogP contribution >= 0.6 is 0 Å². The Morgan fingerprint density at radius 3 is 2.24 bits per heavy atom. The number of hydrogen-bond donors (Lipinski definition) is 2. The number of nitrogens with one attached hydrogen (secondary N) is 1. The molecule has 2 N–H and O–H groups in total. The van der Waals surface area contributed by atoms with Gasteiger partial charge in [-0.25, -0.2) is 0 Å². The van der Waals surface area contributed by atoms with Crippen molar-refractivity contribution in [3.63, 3.8) is 0 Å². The summed E-state index contributed by atoms with van der Waals surface area (Å²) in [5.74, 6) is 0.300. The Bertz CT molecular complexity index is 374. The summed E-state index contributed by atoms with van der Waals surface area (Å²) in [5.41, 5.74) is 1.04. The monoisotopic (exact) mass is 236 g/mol. The van der Waals surface area contributed by atoms with Crippen molar-refractivity contribution < 1.29 is 9.90 Å². The first-order valence-corrected chi connectivity index (χ1v) is 5.68. The van der Waals surface area contributed by atoms with E-state index in [0.717, 1.165) is 5.56 Å². The number of phenolic OH excluding ortho intramolecular Hbond substituents is 1. The Hall–Kier alpha value is -1.55. The van der Waals surface area contributed by atoms with Crippen LogP contribution in [0.15, 0.2) is 24.3 Å². The van der Waals surface area contributed by atoms with E-state index in [0.29, 0.717) is 0 Å². The minimum Gasteiger partial charge on any atom is -0.508 e. The molecule has 1 aromatic carbocycles. The van der Waals surface area contributed by atoms with Crippen LogP contribution < -0.4 is 5.32 Å². The van der Waals surface area contributed by atoms with Crippen LogP contribution in [0.2, 0.25) is 0 Å². The lowest BCUT2D eigenvalue weighted by molar-refractivity contribution is -0.130. The van der Waals surface area contributed by atoms with Gasteiger partial charge in [0, 0.05) is 20.1 Å². The van der Waals surface area contributed by atoms with E-state index in [4.69, 9.17) is 0 Å². The molecule has 4 heteroatoms. The van der Waals surface area contributed by atoms with Crippen LogP contribution in [0.5, 0.6) is 5.75 Å². The fraction of sp³-hybridized carbons (Fsp3) is 0.462. The summed E-state index contributed by atoms with van der Waals surface area (Å²) in [7, 11) is 3.48. The highest BCUT2D eigenvalue weighted by Crippen LogP contribution is 2.16. The molecule has 1 amide bonds. The maximum Gasteiger partial charge on any atom is 0.238 e. The van der Waals surface area contributed by atoms with Crippen LogP contribution in [-0.2, 0) is 4.79 Å². The van der Waals surface area contributed by atoms with Crippen LogP contribution in [0.3, 0.4) is 0 Å². The van der Waals surface area contributed by atoms with E-state index in [2.05, 4.69) is 5.32 Å². The smallest absolute Gasteiger partial charge is 0.238 e. The van der Waals surface area contributed by atoms with Gasteiger partial charge in [-0.1, -0.05) is 12.1 Å². The number of benzene rings is 1. The van der Waals surface area contributed by atoms with Crippen LogP contribution in [0.25, 0.3) is 0 Å². The van der Waals surface area contributed by atoms with Crippen molar-refractivity contribution >= 4 is 5.91 Å². The number of aromatic hydroxyl groups is 1. The maximum atomic E-state index is 11.7. The van der Waals surface area contributed by atoms with Gasteiger partial charge in [0.25, 0.3) is 0 Å². The summed E-state index contributed by atoms with van der Waals surface area (Å²) in [5, 5.41) is 12.4. The van der Waals surface area contributed by atoms with E-state index in [1.54, 1.807) is 31.1 Å². The Morgan fingerprint density at radius 1 is 1.24 bits per heavy atom. The second-order valence-electron chi connectivity index (χ2n) is 4.43. The molecule has 0 spiro atoms. The van der Waals surface area contributed by atoms with Crippen molar-refractivity contribution in [2.45, 2.75) is 25.9 Å². The Balaban J connectivity index is 2.63. The van der Waals surface area contributed by atoms with Crippen LogP contribution in [-0.4, -0.2) is 36.1 Å². The molecule has 0 heterocycles. The second kappa shape index (κ2) is 5.68. The third-order valence-corrected chi connectivity index (χ3v) is 2.70. The molecule has 0 aliphatic carbocycles. The summed E-state index contributed by atoms with van der Waals surface area (Å²) in [6.07, 6.45) is 0. The molecule has 0 aliphatic rings. The summed E-state index contributed by atoms with van der Waals surface area (Å²) >= 11 is 0. The van der Waals surface area contributed by atoms with Gasteiger partial charge in [0.15, 0.2) is 0 Å². The highest BCUT2D eigenvalue weighted by molar-refractivity contribution is 5.80. The quantitative estimate of drug-likeness (QED) is 0.833. The van der Waals surface area contributed by atoms with Crippen molar-refractivity contribution in [1.29, 1.82) is 0 Å². The summed E-state index contributed by atoms with van der Waals surface area (Å²) < 4.78 is 0. The van der Waals surface area contributed by atoms with E-state index in [1.165, 1.54) is 0 Å². The largest absolute Gasteiger partial charge is 0.508 e. The van der Waals surface area contributed by atoms with Gasteiger partial charge in [0.2, 0.25) is 5.91 Å². The average molecular weight is 236 g/mol. The van der Waals surface area contributed by atoms with Gasteiger partial charge < -0.3 is 10.0 Å². The number of carbonyl (C=O) groups excluding carboxylic acids is 1. The molecule has 94 valence electrons. The molecular formula is C13H20N2O2. The van der Waals surface area contributed by atoms with Crippen LogP contribution in [0.4, 0.5) is 0 Å². The van der Waals surface area contributed by atoms with Crippen LogP contribution in [0, 0.1) is 0 Å². The summed E-state index contributed by atoms with van der Waals surface area (Å²) in [6, 6.07) is 6.82. The highest BCUT2D eigenvalue weighted by atomic mass is 16.3. The third-order valence-electron chi connectivity index (χ3n) is 2.70. The molecule has 0 aliphatic heterocycles. The summed E-state index contributed by atoms with van der Waals surface area (Å²) in [4.78, 5) is 13.3. The number of nitrogens with zero attached hydrogens (tertiary/aromatic N) is 1. The molecule has 0 radical (unpaired) electrons. The van der Waals surface area contributed by atoms with Gasteiger partial charge in [-0.3, -0.25) is 10.1 Å². The molecule has 0 saturated carbocycles. The van der Waals surface area contributed by atoms with E-state index in [-0.39, 0.29) is 23.7 Å². The zero-order valence-electron chi connectivity index (χ0n) is 10.8. The fourth-order valence-electron chi connectivity index (χ4n) is 1.69.